The van der Waals surface area contributed by atoms with Gasteiger partial charge in [-0.25, -0.2) is 5.43 Å². The second-order valence-corrected chi connectivity index (χ2v) is 10.1. The third kappa shape index (κ3) is 4.64. The Balaban J connectivity index is 1.52. The summed E-state index contributed by atoms with van der Waals surface area (Å²) in [5.41, 5.74) is 6.80. The third-order valence-corrected chi connectivity index (χ3v) is 6.69. The van der Waals surface area contributed by atoms with Crippen molar-refractivity contribution in [2.24, 2.45) is 5.10 Å². The Morgan fingerprint density at radius 1 is 1.33 bits per heavy atom. The van der Waals surface area contributed by atoms with Crippen molar-refractivity contribution in [3.63, 3.8) is 0 Å². The molecule has 33 heavy (non-hydrogen) atoms. The second-order valence-electron chi connectivity index (χ2n) is 9.22. The fourth-order valence-corrected chi connectivity index (χ4v) is 5.26. The molecule has 6 nitrogen and oxygen atoms in total. The van der Waals surface area contributed by atoms with Crippen LogP contribution >= 0.6 is 15.9 Å². The monoisotopic (exact) mass is 511 g/mol. The van der Waals surface area contributed by atoms with E-state index >= 15 is 0 Å². The zero-order chi connectivity index (χ0) is 23.8. The average molecular weight is 512 g/mol. The number of benzene rings is 2. The molecule has 2 aromatic carbocycles. The van der Waals surface area contributed by atoms with Crippen LogP contribution in [-0.2, 0) is 0 Å². The molecule has 1 N–H and O–H groups in total. The van der Waals surface area contributed by atoms with E-state index < -0.39 is 5.91 Å². The summed E-state index contributed by atoms with van der Waals surface area (Å²) in [5.74, 6) is 0.777. The molecule has 3 aromatic rings. The molecule has 7 heteroatoms. The summed E-state index contributed by atoms with van der Waals surface area (Å²) in [4.78, 5) is 15.1. The van der Waals surface area contributed by atoms with Crippen molar-refractivity contribution in [3.8, 4) is 5.75 Å². The number of hydrogen-bond acceptors (Lipinski definition) is 5. The number of furan rings is 1. The minimum absolute atomic E-state index is 0.136. The summed E-state index contributed by atoms with van der Waals surface area (Å²) in [6.07, 6.45) is 3.88. The van der Waals surface area contributed by atoms with Crippen LogP contribution in [0.2, 0.25) is 0 Å². The van der Waals surface area contributed by atoms with Crippen LogP contribution in [0.25, 0.3) is 11.0 Å². The quantitative estimate of drug-likeness (QED) is 0.304. The van der Waals surface area contributed by atoms with Crippen LogP contribution in [0.5, 0.6) is 5.75 Å². The summed E-state index contributed by atoms with van der Waals surface area (Å²) < 4.78 is 11.9. The van der Waals surface area contributed by atoms with Gasteiger partial charge in [0, 0.05) is 27.6 Å². The topological polar surface area (TPSA) is 67.1 Å². The molecular weight excluding hydrogens is 482 g/mol. The normalized spacial score (nSPS) is 17.4. The van der Waals surface area contributed by atoms with Crippen LogP contribution in [0.1, 0.15) is 68.1 Å². The molecule has 1 amide bonds. The predicted molar refractivity (Wildman–Crippen MR) is 137 cm³/mol. The summed E-state index contributed by atoms with van der Waals surface area (Å²) in [6, 6.07) is 11.8. The van der Waals surface area contributed by atoms with Gasteiger partial charge in [0.1, 0.15) is 0 Å². The number of amides is 1. The van der Waals surface area contributed by atoms with E-state index in [1.165, 1.54) is 11.3 Å². The number of carbonyl (C=O) groups excluding carboxylic acids is 1. The van der Waals surface area contributed by atoms with Gasteiger partial charge >= 0.3 is 5.91 Å². The molecule has 0 bridgehead atoms. The van der Waals surface area contributed by atoms with E-state index in [1.807, 2.05) is 6.07 Å². The molecule has 1 aliphatic heterocycles. The van der Waals surface area contributed by atoms with Gasteiger partial charge in [-0.2, -0.15) is 5.10 Å². The molecule has 1 atom stereocenters. The fourth-order valence-electron chi connectivity index (χ4n) is 4.81. The summed E-state index contributed by atoms with van der Waals surface area (Å²) in [7, 11) is 1.57. The number of hydrazone groups is 1. The molecule has 0 fully saturated rings. The molecule has 0 radical (unpaired) electrons. The van der Waals surface area contributed by atoms with E-state index in [2.05, 4.69) is 77.3 Å². The van der Waals surface area contributed by atoms with Crippen molar-refractivity contribution in [3.05, 3.63) is 57.8 Å². The van der Waals surface area contributed by atoms with E-state index in [9.17, 15) is 4.79 Å². The number of hydrogen-bond donors (Lipinski definition) is 1. The highest BCUT2D eigenvalue weighted by Gasteiger charge is 2.35. The molecule has 0 saturated heterocycles. The lowest BCUT2D eigenvalue weighted by Gasteiger charge is -2.47. The van der Waals surface area contributed by atoms with Crippen LogP contribution in [-0.4, -0.2) is 31.3 Å². The van der Waals surface area contributed by atoms with Crippen molar-refractivity contribution in [2.45, 2.75) is 52.0 Å². The van der Waals surface area contributed by atoms with Gasteiger partial charge in [-0.1, -0.05) is 35.8 Å². The Kier molecular flexibility index (Phi) is 6.52. The van der Waals surface area contributed by atoms with Gasteiger partial charge in [-0.05, 0) is 74.1 Å². The standard InChI is InChI=1S/C26H30BrN3O3/c1-6-9-30-21-8-7-17(10-20(21)16(2)14-26(30,3)4)15-28-29-25(31)23-12-18-11-19(27)13-22(32-5)24(18)33-23/h7-8,10-13,15-16H,6,9,14H2,1-5H3,(H,29,31)/b28-15-. The lowest BCUT2D eigenvalue weighted by Crippen LogP contribution is -2.48. The fraction of sp³-hybridized carbons (Fsp3) is 0.385. The van der Waals surface area contributed by atoms with Crippen molar-refractivity contribution < 1.29 is 13.9 Å². The highest BCUT2D eigenvalue weighted by atomic mass is 79.9. The van der Waals surface area contributed by atoms with E-state index in [4.69, 9.17) is 9.15 Å². The predicted octanol–water partition coefficient (Wildman–Crippen LogP) is 6.47. The summed E-state index contributed by atoms with van der Waals surface area (Å²) in [5, 5.41) is 4.94. The van der Waals surface area contributed by atoms with Crippen molar-refractivity contribution in [1.29, 1.82) is 0 Å². The number of ether oxygens (including phenoxy) is 1. The van der Waals surface area contributed by atoms with Gasteiger partial charge in [0.2, 0.25) is 0 Å². The third-order valence-electron chi connectivity index (χ3n) is 6.23. The highest BCUT2D eigenvalue weighted by molar-refractivity contribution is 9.10. The zero-order valence-electron chi connectivity index (χ0n) is 19.7. The zero-order valence-corrected chi connectivity index (χ0v) is 21.3. The SMILES string of the molecule is CCCN1c2ccc(/C=N\NC(=O)c3cc4cc(Br)cc(OC)c4o3)cc2C(C)CC1(C)C. The van der Waals surface area contributed by atoms with Crippen LogP contribution in [0.4, 0.5) is 5.69 Å². The van der Waals surface area contributed by atoms with Gasteiger partial charge in [-0.15, -0.1) is 0 Å². The Hall–Kier alpha value is -2.80. The molecule has 0 aliphatic carbocycles. The van der Waals surface area contributed by atoms with Crippen LogP contribution < -0.4 is 15.1 Å². The van der Waals surface area contributed by atoms with Gasteiger partial charge < -0.3 is 14.1 Å². The van der Waals surface area contributed by atoms with Gasteiger partial charge in [-0.3, -0.25) is 4.79 Å². The summed E-state index contributed by atoms with van der Waals surface area (Å²) >= 11 is 3.44. The molecule has 1 aliphatic rings. The Bertz CT molecular complexity index is 1210. The van der Waals surface area contributed by atoms with Crippen LogP contribution in [0.3, 0.4) is 0 Å². The molecule has 2 heterocycles. The first kappa shape index (κ1) is 23.4. The minimum Gasteiger partial charge on any atom is -0.493 e. The van der Waals surface area contributed by atoms with Crippen molar-refractivity contribution >= 4 is 44.7 Å². The first-order chi connectivity index (χ1) is 15.7. The Morgan fingerprint density at radius 3 is 2.85 bits per heavy atom. The number of anilines is 1. The maximum atomic E-state index is 12.6. The number of methoxy groups -OCH3 is 1. The van der Waals surface area contributed by atoms with Crippen molar-refractivity contribution in [2.75, 3.05) is 18.6 Å². The number of fused-ring (bicyclic) bond motifs is 2. The van der Waals surface area contributed by atoms with E-state index in [0.29, 0.717) is 17.3 Å². The lowest BCUT2D eigenvalue weighted by molar-refractivity contribution is 0.0929. The van der Waals surface area contributed by atoms with E-state index in [-0.39, 0.29) is 11.3 Å². The molecule has 0 saturated carbocycles. The summed E-state index contributed by atoms with van der Waals surface area (Å²) in [6.45, 7) is 10.2. The van der Waals surface area contributed by atoms with E-state index in [0.717, 1.165) is 34.8 Å². The Morgan fingerprint density at radius 2 is 2.12 bits per heavy atom. The number of rotatable bonds is 6. The largest absolute Gasteiger partial charge is 0.493 e. The first-order valence-electron chi connectivity index (χ1n) is 11.3. The number of halogens is 1. The van der Waals surface area contributed by atoms with Gasteiger partial charge in [0.25, 0.3) is 0 Å². The molecule has 1 unspecified atom stereocenters. The molecule has 174 valence electrons. The van der Waals surface area contributed by atoms with Gasteiger partial charge in [0.05, 0.1) is 13.3 Å². The van der Waals surface area contributed by atoms with Crippen LogP contribution in [0.15, 0.2) is 50.4 Å². The highest BCUT2D eigenvalue weighted by Crippen LogP contribution is 2.43. The average Bonchev–Trinajstić information content (AvgIpc) is 3.20. The lowest BCUT2D eigenvalue weighted by atomic mass is 9.79. The molecule has 0 spiro atoms. The maximum absolute atomic E-state index is 12.6. The number of nitrogens with one attached hydrogen (secondary N) is 1. The second kappa shape index (κ2) is 9.21. The molecule has 4 rings (SSSR count). The smallest absolute Gasteiger partial charge is 0.307 e. The Labute approximate surface area is 203 Å². The van der Waals surface area contributed by atoms with E-state index in [1.54, 1.807) is 25.5 Å². The van der Waals surface area contributed by atoms with Gasteiger partial charge in [0.15, 0.2) is 17.1 Å². The van der Waals surface area contributed by atoms with Crippen LogP contribution in [0, 0.1) is 0 Å². The maximum Gasteiger partial charge on any atom is 0.307 e. The number of carbonyl (C=O) groups is 1. The number of nitrogens with zero attached hydrogens (tertiary/aromatic N) is 2. The minimum atomic E-state index is -0.414. The molecular formula is C26H30BrN3O3. The van der Waals surface area contributed by atoms with Crippen molar-refractivity contribution in [1.82, 2.24) is 5.43 Å². The first-order valence-corrected chi connectivity index (χ1v) is 12.0. The molecule has 1 aromatic heterocycles.